The van der Waals surface area contributed by atoms with E-state index in [0.717, 1.165) is 25.3 Å². The van der Waals surface area contributed by atoms with E-state index in [-0.39, 0.29) is 29.0 Å². The molecule has 4 nitrogen and oxygen atoms in total. The Balaban J connectivity index is 2.93. The summed E-state index contributed by atoms with van der Waals surface area (Å²) in [5, 5.41) is 2.29. The fraction of sp³-hybridized carbons (Fsp3) is 0.556. The van der Waals surface area contributed by atoms with Crippen molar-refractivity contribution in [1.29, 1.82) is 0 Å². The first-order valence-electron chi connectivity index (χ1n) is 8.55. The summed E-state index contributed by atoms with van der Waals surface area (Å²) in [5.41, 5.74) is 0.0633. The molecule has 0 aliphatic carbocycles. The number of esters is 1. The lowest BCUT2D eigenvalue weighted by Crippen LogP contribution is -2.21. The third-order valence-corrected chi connectivity index (χ3v) is 5.17. The number of rotatable bonds is 10. The van der Waals surface area contributed by atoms with Gasteiger partial charge in [0.15, 0.2) is 0 Å². The van der Waals surface area contributed by atoms with E-state index in [0.29, 0.717) is 17.9 Å². The van der Waals surface area contributed by atoms with Gasteiger partial charge in [0.05, 0.1) is 17.3 Å². The maximum Gasteiger partial charge on any atom is 0.319 e. The first-order chi connectivity index (χ1) is 11.9. The van der Waals surface area contributed by atoms with Crippen LogP contribution in [-0.4, -0.2) is 23.7 Å². The molecule has 1 aromatic rings. The Morgan fingerprint density at radius 3 is 2.60 bits per heavy atom. The number of halogens is 2. The highest BCUT2D eigenvalue weighted by Gasteiger charge is 2.23. The molecule has 1 aromatic carbocycles. The van der Waals surface area contributed by atoms with E-state index in [9.17, 15) is 14.0 Å². The van der Waals surface area contributed by atoms with Crippen molar-refractivity contribution in [3.05, 3.63) is 23.0 Å². The van der Waals surface area contributed by atoms with Crippen molar-refractivity contribution in [1.82, 2.24) is 0 Å². The highest BCUT2D eigenvalue weighted by Crippen LogP contribution is 2.36. The first-order valence-corrected chi connectivity index (χ1v) is 9.80. The highest BCUT2D eigenvalue weighted by molar-refractivity contribution is 8.00. The highest BCUT2D eigenvalue weighted by atomic mass is 35.5. The van der Waals surface area contributed by atoms with Crippen molar-refractivity contribution in [3.63, 3.8) is 0 Å². The second kappa shape index (κ2) is 11.4. The summed E-state index contributed by atoms with van der Waals surface area (Å²) in [5.74, 6) is -1.19. The number of carbonyl (C=O) groups is 2. The molecule has 0 spiro atoms. The second-order valence-electron chi connectivity index (χ2n) is 5.58. The van der Waals surface area contributed by atoms with Gasteiger partial charge in [-0.1, -0.05) is 45.2 Å². The van der Waals surface area contributed by atoms with Crippen LogP contribution < -0.4 is 5.32 Å². The summed E-state index contributed by atoms with van der Waals surface area (Å²) in [6.45, 7) is 6.08. The monoisotopic (exact) mass is 389 g/mol. The van der Waals surface area contributed by atoms with Gasteiger partial charge in [0.2, 0.25) is 5.91 Å². The average Bonchev–Trinajstić information content (AvgIpc) is 2.58. The molecule has 1 atom stereocenters. The lowest BCUT2D eigenvalue weighted by atomic mass is 10.2. The Morgan fingerprint density at radius 2 is 2.00 bits per heavy atom. The van der Waals surface area contributed by atoms with Crippen LogP contribution in [0.5, 0.6) is 0 Å². The van der Waals surface area contributed by atoms with Gasteiger partial charge < -0.3 is 10.1 Å². The van der Waals surface area contributed by atoms with Crippen molar-refractivity contribution < 1.29 is 18.7 Å². The fourth-order valence-electron chi connectivity index (χ4n) is 2.00. The van der Waals surface area contributed by atoms with E-state index in [1.54, 1.807) is 6.92 Å². The molecule has 0 saturated carbocycles. The van der Waals surface area contributed by atoms with Gasteiger partial charge in [0.25, 0.3) is 0 Å². The van der Waals surface area contributed by atoms with Crippen LogP contribution in [0, 0.1) is 5.82 Å². The molecule has 1 rings (SSSR count). The normalized spacial score (nSPS) is 11.9. The van der Waals surface area contributed by atoms with Crippen LogP contribution in [0.25, 0.3) is 0 Å². The van der Waals surface area contributed by atoms with Crippen molar-refractivity contribution >= 4 is 40.9 Å². The summed E-state index contributed by atoms with van der Waals surface area (Å²) in [7, 11) is 0. The van der Waals surface area contributed by atoms with Crippen molar-refractivity contribution in [2.45, 2.75) is 63.0 Å². The van der Waals surface area contributed by atoms with E-state index >= 15 is 0 Å². The molecule has 0 bridgehead atoms. The Labute approximate surface area is 157 Å². The van der Waals surface area contributed by atoms with Crippen molar-refractivity contribution in [3.8, 4) is 0 Å². The molecule has 0 saturated heterocycles. The van der Waals surface area contributed by atoms with E-state index in [1.807, 2.05) is 13.8 Å². The smallest absolute Gasteiger partial charge is 0.319 e. The minimum Gasteiger partial charge on any atom is -0.465 e. The van der Waals surface area contributed by atoms with Gasteiger partial charge >= 0.3 is 5.97 Å². The van der Waals surface area contributed by atoms with Crippen LogP contribution in [-0.2, 0) is 14.3 Å². The SMILES string of the molecule is CCCCOC(=O)C(CCC)Sc1cc(NC(=O)CC)c(F)cc1Cl. The number of hydrogen-bond donors (Lipinski definition) is 1. The molecule has 0 aliphatic rings. The Hall–Kier alpha value is -1.27. The maximum absolute atomic E-state index is 14.0. The standard InChI is InChI=1S/C18H25ClFNO3S/c1-4-7-9-24-18(23)15(8-5-2)25-16-11-14(21-17(22)6-3)13(20)10-12(16)19/h10-11,15H,4-9H2,1-3H3,(H,21,22). The minimum atomic E-state index is -0.603. The zero-order valence-corrected chi connectivity index (χ0v) is 16.4. The molecule has 0 aromatic heterocycles. The van der Waals surface area contributed by atoms with Crippen LogP contribution >= 0.6 is 23.4 Å². The van der Waals surface area contributed by atoms with Gasteiger partial charge in [-0.15, -0.1) is 11.8 Å². The third kappa shape index (κ3) is 7.24. The lowest BCUT2D eigenvalue weighted by Gasteiger charge is -2.17. The number of amides is 1. The van der Waals surface area contributed by atoms with Gasteiger partial charge in [-0.3, -0.25) is 9.59 Å². The van der Waals surface area contributed by atoms with Crippen LogP contribution in [0.15, 0.2) is 17.0 Å². The topological polar surface area (TPSA) is 55.4 Å². The molecular weight excluding hydrogens is 365 g/mol. The molecule has 7 heteroatoms. The van der Waals surface area contributed by atoms with Gasteiger partial charge in [-0.25, -0.2) is 4.39 Å². The second-order valence-corrected chi connectivity index (χ2v) is 7.23. The predicted octanol–water partition coefficient (Wildman–Crippen LogP) is 5.43. The largest absolute Gasteiger partial charge is 0.465 e. The molecule has 140 valence electrons. The number of anilines is 1. The summed E-state index contributed by atoms with van der Waals surface area (Å²) < 4.78 is 19.3. The van der Waals surface area contributed by atoms with E-state index in [2.05, 4.69) is 5.32 Å². The zero-order chi connectivity index (χ0) is 18.8. The number of unbranched alkanes of at least 4 members (excludes halogenated alkanes) is 1. The summed E-state index contributed by atoms with van der Waals surface area (Å²) >= 11 is 7.36. The number of carbonyl (C=O) groups excluding carboxylic acids is 2. The van der Waals surface area contributed by atoms with Crippen molar-refractivity contribution in [2.24, 2.45) is 0 Å². The van der Waals surface area contributed by atoms with Gasteiger partial charge in [0.1, 0.15) is 11.1 Å². The molecule has 0 aliphatic heterocycles. The quantitative estimate of drug-likeness (QED) is 0.329. The van der Waals surface area contributed by atoms with Crippen LogP contribution in [0.4, 0.5) is 10.1 Å². The van der Waals surface area contributed by atoms with E-state index in [4.69, 9.17) is 16.3 Å². The number of thioether (sulfide) groups is 1. The van der Waals surface area contributed by atoms with Gasteiger partial charge in [-0.05, 0) is 25.0 Å². The third-order valence-electron chi connectivity index (χ3n) is 3.44. The molecule has 1 amide bonds. The minimum absolute atomic E-state index is 0.0633. The maximum atomic E-state index is 14.0. The van der Waals surface area contributed by atoms with Crippen LogP contribution in [0.1, 0.15) is 52.9 Å². The van der Waals surface area contributed by atoms with Crippen molar-refractivity contribution in [2.75, 3.05) is 11.9 Å². The molecule has 0 heterocycles. The van der Waals surface area contributed by atoms with E-state index < -0.39 is 11.1 Å². The lowest BCUT2D eigenvalue weighted by molar-refractivity contribution is -0.143. The predicted molar refractivity (Wildman–Crippen MR) is 101 cm³/mol. The summed E-state index contributed by atoms with van der Waals surface area (Å²) in [4.78, 5) is 24.3. The average molecular weight is 390 g/mol. The molecule has 0 fully saturated rings. The number of hydrogen-bond acceptors (Lipinski definition) is 4. The molecule has 1 unspecified atom stereocenters. The molecule has 0 radical (unpaired) electrons. The van der Waals surface area contributed by atoms with Gasteiger partial charge in [-0.2, -0.15) is 0 Å². The number of nitrogens with one attached hydrogen (secondary N) is 1. The Kier molecular flexibility index (Phi) is 9.90. The first kappa shape index (κ1) is 21.8. The van der Waals surface area contributed by atoms with Gasteiger partial charge in [0, 0.05) is 11.3 Å². The molecule has 1 N–H and O–H groups in total. The van der Waals surface area contributed by atoms with Crippen LogP contribution in [0.3, 0.4) is 0 Å². The molecular formula is C18H25ClFNO3S. The Bertz CT molecular complexity index is 598. The zero-order valence-electron chi connectivity index (χ0n) is 14.9. The van der Waals surface area contributed by atoms with Crippen LogP contribution in [0.2, 0.25) is 5.02 Å². The number of ether oxygens (including phenoxy) is 1. The Morgan fingerprint density at radius 1 is 1.28 bits per heavy atom. The number of benzene rings is 1. The summed E-state index contributed by atoms with van der Waals surface area (Å²) in [6.07, 6.45) is 3.44. The van der Waals surface area contributed by atoms with E-state index in [1.165, 1.54) is 17.8 Å². The summed E-state index contributed by atoms with van der Waals surface area (Å²) in [6, 6.07) is 2.62. The molecule has 25 heavy (non-hydrogen) atoms. The fourth-order valence-corrected chi connectivity index (χ4v) is 3.47.